The molecule has 0 radical (unpaired) electrons. The van der Waals surface area contributed by atoms with Crippen molar-refractivity contribution in [3.8, 4) is 0 Å². The Kier molecular flexibility index (Phi) is 2.86. The van der Waals surface area contributed by atoms with Gasteiger partial charge in [0.25, 0.3) is 0 Å². The van der Waals surface area contributed by atoms with Crippen LogP contribution < -0.4 is 4.90 Å². The molecular formula is C12H12N2O4. The Bertz CT molecular complexity index is 521. The van der Waals surface area contributed by atoms with Crippen LogP contribution in [0.5, 0.6) is 0 Å². The van der Waals surface area contributed by atoms with Crippen LogP contribution in [0.4, 0.5) is 5.69 Å². The van der Waals surface area contributed by atoms with Gasteiger partial charge >= 0.3 is 5.97 Å². The summed E-state index contributed by atoms with van der Waals surface area (Å²) in [6, 6.07) is 2.68. The van der Waals surface area contributed by atoms with E-state index in [2.05, 4.69) is 4.98 Å². The highest BCUT2D eigenvalue weighted by molar-refractivity contribution is 6.21. The van der Waals surface area contributed by atoms with Crippen LogP contribution in [-0.4, -0.2) is 27.9 Å². The number of rotatable bonds is 2. The summed E-state index contributed by atoms with van der Waals surface area (Å²) >= 11 is 0. The molecule has 94 valence electrons. The van der Waals surface area contributed by atoms with Crippen LogP contribution >= 0.6 is 0 Å². The molecule has 2 unspecified atom stereocenters. The lowest BCUT2D eigenvalue weighted by Gasteiger charge is -2.14. The van der Waals surface area contributed by atoms with Gasteiger partial charge in [-0.15, -0.1) is 0 Å². The predicted molar refractivity (Wildman–Crippen MR) is 62.0 cm³/mol. The maximum Gasteiger partial charge on any atom is 0.354 e. The second kappa shape index (κ2) is 4.21. The molecule has 1 aromatic rings. The Balaban J connectivity index is 2.43. The Morgan fingerprint density at radius 2 is 1.83 bits per heavy atom. The third kappa shape index (κ3) is 1.75. The number of hydrogen-bond donors (Lipinski definition) is 1. The van der Waals surface area contributed by atoms with Gasteiger partial charge in [-0.25, -0.2) is 14.7 Å². The molecule has 2 amide bonds. The number of nitrogens with zero attached hydrogens (tertiary/aromatic N) is 2. The Hall–Kier alpha value is -2.24. The minimum absolute atomic E-state index is 0.194. The predicted octanol–water partition coefficient (Wildman–Crippen LogP) is 0.925. The van der Waals surface area contributed by atoms with E-state index >= 15 is 0 Å². The van der Waals surface area contributed by atoms with Crippen LogP contribution in [0.3, 0.4) is 0 Å². The molecule has 18 heavy (non-hydrogen) atoms. The summed E-state index contributed by atoms with van der Waals surface area (Å²) in [6.45, 7) is 3.37. The van der Waals surface area contributed by atoms with Crippen molar-refractivity contribution in [3.63, 3.8) is 0 Å². The monoisotopic (exact) mass is 248 g/mol. The standard InChI is InChI=1S/C12H12N2O4/c1-6-7(2)11(16)14(10(6)15)8-3-4-13-9(5-8)12(17)18/h3-7H,1-2H3,(H,17,18). The van der Waals surface area contributed by atoms with E-state index in [9.17, 15) is 14.4 Å². The first-order valence-corrected chi connectivity index (χ1v) is 5.50. The summed E-state index contributed by atoms with van der Waals surface area (Å²) in [4.78, 5) is 39.4. The highest BCUT2D eigenvalue weighted by Gasteiger charge is 2.43. The molecule has 2 heterocycles. The zero-order valence-electron chi connectivity index (χ0n) is 9.95. The van der Waals surface area contributed by atoms with Crippen LogP contribution in [0.15, 0.2) is 18.3 Å². The molecule has 1 aliphatic rings. The van der Waals surface area contributed by atoms with E-state index in [-0.39, 0.29) is 35.0 Å². The van der Waals surface area contributed by atoms with Crippen molar-refractivity contribution < 1.29 is 19.5 Å². The number of aromatic nitrogens is 1. The van der Waals surface area contributed by atoms with E-state index in [1.165, 1.54) is 18.3 Å². The highest BCUT2D eigenvalue weighted by atomic mass is 16.4. The SMILES string of the molecule is CC1C(=O)N(c2ccnc(C(=O)O)c2)C(=O)C1C. The molecule has 6 nitrogen and oxygen atoms in total. The van der Waals surface area contributed by atoms with E-state index in [0.717, 1.165) is 4.90 Å². The van der Waals surface area contributed by atoms with Crippen LogP contribution in [0.1, 0.15) is 24.3 Å². The summed E-state index contributed by atoms with van der Waals surface area (Å²) in [5.41, 5.74) is 0.0638. The zero-order valence-corrected chi connectivity index (χ0v) is 9.95. The molecule has 1 aliphatic heterocycles. The first-order valence-electron chi connectivity index (χ1n) is 5.50. The summed E-state index contributed by atoms with van der Waals surface area (Å²) < 4.78 is 0. The van der Waals surface area contributed by atoms with E-state index in [0.29, 0.717) is 0 Å². The lowest BCUT2D eigenvalue weighted by atomic mass is 10.00. The third-order valence-electron chi connectivity index (χ3n) is 3.19. The van der Waals surface area contributed by atoms with E-state index < -0.39 is 5.97 Å². The summed E-state index contributed by atoms with van der Waals surface area (Å²) in [7, 11) is 0. The fourth-order valence-electron chi connectivity index (χ4n) is 1.87. The van der Waals surface area contributed by atoms with Gasteiger partial charge in [-0.3, -0.25) is 9.59 Å². The van der Waals surface area contributed by atoms with Crippen LogP contribution in [0.25, 0.3) is 0 Å². The maximum atomic E-state index is 11.9. The van der Waals surface area contributed by atoms with Gasteiger partial charge in [0.1, 0.15) is 5.69 Å². The van der Waals surface area contributed by atoms with E-state index in [1.54, 1.807) is 13.8 Å². The number of aromatic carboxylic acids is 1. The summed E-state index contributed by atoms with van der Waals surface area (Å²) in [6.07, 6.45) is 1.27. The number of carbonyl (C=O) groups excluding carboxylic acids is 2. The third-order valence-corrected chi connectivity index (χ3v) is 3.19. The van der Waals surface area contributed by atoms with E-state index in [1.807, 2.05) is 0 Å². The van der Waals surface area contributed by atoms with Crippen molar-refractivity contribution in [1.82, 2.24) is 4.98 Å². The quantitative estimate of drug-likeness (QED) is 0.786. The molecule has 1 fully saturated rings. The molecule has 0 aliphatic carbocycles. The van der Waals surface area contributed by atoms with Gasteiger partial charge in [0.15, 0.2) is 0 Å². The maximum absolute atomic E-state index is 11.9. The van der Waals surface area contributed by atoms with Crippen molar-refractivity contribution >= 4 is 23.5 Å². The normalized spacial score (nSPS) is 23.6. The molecule has 0 spiro atoms. The smallest absolute Gasteiger partial charge is 0.354 e. The van der Waals surface area contributed by atoms with Gasteiger partial charge in [-0.2, -0.15) is 0 Å². The lowest BCUT2D eigenvalue weighted by molar-refractivity contribution is -0.122. The number of hydrogen-bond acceptors (Lipinski definition) is 4. The molecule has 1 N–H and O–H groups in total. The van der Waals surface area contributed by atoms with Crippen LogP contribution in [0.2, 0.25) is 0 Å². The minimum atomic E-state index is -1.20. The number of carbonyl (C=O) groups is 3. The topological polar surface area (TPSA) is 87.6 Å². The molecule has 0 saturated carbocycles. The number of carboxylic acids is 1. The second-order valence-electron chi connectivity index (χ2n) is 4.29. The largest absolute Gasteiger partial charge is 0.477 e. The molecule has 0 aromatic carbocycles. The second-order valence-corrected chi connectivity index (χ2v) is 4.29. The van der Waals surface area contributed by atoms with Gasteiger partial charge in [0.05, 0.1) is 5.69 Å². The fraction of sp³-hybridized carbons (Fsp3) is 0.333. The number of imide groups is 1. The van der Waals surface area contributed by atoms with Crippen molar-refractivity contribution in [2.45, 2.75) is 13.8 Å². The van der Waals surface area contributed by atoms with Crippen molar-refractivity contribution in [2.75, 3.05) is 4.90 Å². The van der Waals surface area contributed by atoms with Gasteiger partial charge in [-0.1, -0.05) is 13.8 Å². The van der Waals surface area contributed by atoms with Crippen molar-refractivity contribution in [3.05, 3.63) is 24.0 Å². The Morgan fingerprint density at radius 1 is 1.28 bits per heavy atom. The summed E-state index contributed by atoms with van der Waals surface area (Å²) in [5, 5.41) is 8.84. The molecule has 0 bridgehead atoms. The molecule has 2 rings (SSSR count). The first kappa shape index (κ1) is 12.2. The first-order chi connectivity index (χ1) is 8.43. The molecule has 1 saturated heterocycles. The lowest BCUT2D eigenvalue weighted by Crippen LogP contribution is -2.30. The molecule has 2 atom stereocenters. The van der Waals surface area contributed by atoms with Gasteiger partial charge < -0.3 is 5.11 Å². The van der Waals surface area contributed by atoms with Gasteiger partial charge in [0.2, 0.25) is 11.8 Å². The van der Waals surface area contributed by atoms with Crippen LogP contribution in [-0.2, 0) is 9.59 Å². The summed E-state index contributed by atoms with van der Waals surface area (Å²) in [5.74, 6) is -2.60. The average Bonchev–Trinajstić information content (AvgIpc) is 2.54. The minimum Gasteiger partial charge on any atom is -0.477 e. The number of pyridine rings is 1. The number of carboxylic acid groups (broad SMARTS) is 1. The Labute approximate surface area is 103 Å². The number of amides is 2. The van der Waals surface area contributed by atoms with Crippen molar-refractivity contribution in [2.24, 2.45) is 11.8 Å². The highest BCUT2D eigenvalue weighted by Crippen LogP contribution is 2.30. The van der Waals surface area contributed by atoms with E-state index in [4.69, 9.17) is 5.11 Å². The van der Waals surface area contributed by atoms with Crippen molar-refractivity contribution in [1.29, 1.82) is 0 Å². The molecule has 1 aromatic heterocycles. The van der Waals surface area contributed by atoms with Crippen LogP contribution in [0, 0.1) is 11.8 Å². The Morgan fingerprint density at radius 3 is 2.33 bits per heavy atom. The molecular weight excluding hydrogens is 236 g/mol. The molecule has 6 heteroatoms. The van der Waals surface area contributed by atoms with Gasteiger partial charge in [-0.05, 0) is 12.1 Å². The average molecular weight is 248 g/mol. The number of anilines is 1. The zero-order chi connectivity index (χ0) is 13.4. The fourth-order valence-corrected chi connectivity index (χ4v) is 1.87. The van der Waals surface area contributed by atoms with Gasteiger partial charge in [0, 0.05) is 18.0 Å².